The van der Waals surface area contributed by atoms with Gasteiger partial charge in [-0.15, -0.1) is 11.6 Å². The highest BCUT2D eigenvalue weighted by Gasteiger charge is 2.18. The summed E-state index contributed by atoms with van der Waals surface area (Å²) in [5, 5.41) is 3.53. The van der Waals surface area contributed by atoms with Crippen molar-refractivity contribution in [3.05, 3.63) is 0 Å². The Morgan fingerprint density at radius 2 is 2.08 bits per heavy atom. The van der Waals surface area contributed by atoms with Gasteiger partial charge in [0.1, 0.15) is 0 Å². The predicted molar refractivity (Wildman–Crippen MR) is 58.5 cm³/mol. The molecule has 0 aliphatic rings. The summed E-state index contributed by atoms with van der Waals surface area (Å²) in [4.78, 5) is 0. The minimum atomic E-state index is 0.134. The molecule has 13 heavy (non-hydrogen) atoms. The Bertz CT molecular complexity index is 128. The molecule has 0 aliphatic carbocycles. The first-order valence-corrected chi connectivity index (χ1v) is 5.38. The van der Waals surface area contributed by atoms with Gasteiger partial charge in [0.25, 0.3) is 0 Å². The standard InChI is InChI=1S/C10H22ClNO/c1-9(5-8-13-4)12-10(2,3)6-7-11/h9,12H,5-8H2,1-4H3. The number of rotatable bonds is 7. The number of hydrogen-bond acceptors (Lipinski definition) is 2. The van der Waals surface area contributed by atoms with Crippen molar-refractivity contribution in [3.8, 4) is 0 Å². The molecule has 0 heterocycles. The number of halogens is 1. The lowest BCUT2D eigenvalue weighted by Gasteiger charge is -2.29. The lowest BCUT2D eigenvalue weighted by atomic mass is 10.00. The average molecular weight is 208 g/mol. The van der Waals surface area contributed by atoms with E-state index in [0.717, 1.165) is 19.4 Å². The second-order valence-corrected chi connectivity index (χ2v) is 4.53. The number of alkyl halides is 1. The molecule has 2 nitrogen and oxygen atoms in total. The maximum Gasteiger partial charge on any atom is 0.0476 e. The summed E-state index contributed by atoms with van der Waals surface area (Å²) in [6.45, 7) is 7.34. The van der Waals surface area contributed by atoms with E-state index >= 15 is 0 Å². The van der Waals surface area contributed by atoms with Gasteiger partial charge >= 0.3 is 0 Å². The van der Waals surface area contributed by atoms with Gasteiger partial charge in [0.2, 0.25) is 0 Å². The van der Waals surface area contributed by atoms with E-state index in [1.54, 1.807) is 7.11 Å². The molecule has 1 N–H and O–H groups in total. The van der Waals surface area contributed by atoms with Gasteiger partial charge in [-0.3, -0.25) is 0 Å². The summed E-state index contributed by atoms with van der Waals surface area (Å²) >= 11 is 5.71. The van der Waals surface area contributed by atoms with Crippen LogP contribution in [-0.2, 0) is 4.74 Å². The Labute approximate surface area is 87.0 Å². The number of ether oxygens (including phenoxy) is 1. The van der Waals surface area contributed by atoms with Crippen molar-refractivity contribution in [2.75, 3.05) is 19.6 Å². The molecular formula is C10H22ClNO. The van der Waals surface area contributed by atoms with E-state index in [2.05, 4.69) is 26.1 Å². The van der Waals surface area contributed by atoms with E-state index in [4.69, 9.17) is 16.3 Å². The van der Waals surface area contributed by atoms with Gasteiger partial charge < -0.3 is 10.1 Å². The first-order valence-electron chi connectivity index (χ1n) is 4.84. The molecule has 0 bridgehead atoms. The van der Waals surface area contributed by atoms with E-state index in [9.17, 15) is 0 Å². The van der Waals surface area contributed by atoms with Crippen LogP contribution in [0, 0.1) is 0 Å². The number of methoxy groups -OCH3 is 1. The van der Waals surface area contributed by atoms with Crippen molar-refractivity contribution in [1.82, 2.24) is 5.32 Å². The monoisotopic (exact) mass is 207 g/mol. The molecule has 0 aromatic rings. The van der Waals surface area contributed by atoms with Crippen LogP contribution in [0.25, 0.3) is 0 Å². The highest BCUT2D eigenvalue weighted by molar-refractivity contribution is 6.17. The maximum atomic E-state index is 5.71. The van der Waals surface area contributed by atoms with Crippen LogP contribution in [-0.4, -0.2) is 31.2 Å². The Hall–Kier alpha value is 0.210. The van der Waals surface area contributed by atoms with Gasteiger partial charge in [0, 0.05) is 31.2 Å². The van der Waals surface area contributed by atoms with Gasteiger partial charge in [-0.25, -0.2) is 0 Å². The largest absolute Gasteiger partial charge is 0.385 e. The summed E-state index contributed by atoms with van der Waals surface area (Å²) in [5.41, 5.74) is 0.134. The van der Waals surface area contributed by atoms with Crippen molar-refractivity contribution in [2.24, 2.45) is 0 Å². The topological polar surface area (TPSA) is 21.3 Å². The second kappa shape index (κ2) is 6.63. The van der Waals surface area contributed by atoms with Crippen molar-refractivity contribution in [2.45, 2.75) is 45.2 Å². The zero-order valence-electron chi connectivity index (χ0n) is 9.19. The van der Waals surface area contributed by atoms with Crippen molar-refractivity contribution in [3.63, 3.8) is 0 Å². The molecule has 1 unspecified atom stereocenters. The fourth-order valence-corrected chi connectivity index (χ4v) is 1.81. The van der Waals surface area contributed by atoms with Gasteiger partial charge in [0.15, 0.2) is 0 Å². The van der Waals surface area contributed by atoms with Crippen molar-refractivity contribution < 1.29 is 4.74 Å². The minimum absolute atomic E-state index is 0.134. The fraction of sp³-hybridized carbons (Fsp3) is 1.00. The zero-order valence-corrected chi connectivity index (χ0v) is 9.95. The molecule has 0 aromatic heterocycles. The first kappa shape index (κ1) is 13.2. The third-order valence-corrected chi connectivity index (χ3v) is 2.30. The quantitative estimate of drug-likeness (QED) is 0.648. The minimum Gasteiger partial charge on any atom is -0.385 e. The molecular weight excluding hydrogens is 186 g/mol. The van der Waals surface area contributed by atoms with Crippen LogP contribution in [0.1, 0.15) is 33.6 Å². The van der Waals surface area contributed by atoms with E-state index in [1.807, 2.05) is 0 Å². The van der Waals surface area contributed by atoms with E-state index in [1.165, 1.54) is 0 Å². The van der Waals surface area contributed by atoms with E-state index in [0.29, 0.717) is 11.9 Å². The Balaban J connectivity index is 3.68. The van der Waals surface area contributed by atoms with Crippen molar-refractivity contribution in [1.29, 1.82) is 0 Å². The van der Waals surface area contributed by atoms with E-state index < -0.39 is 0 Å². The fourth-order valence-electron chi connectivity index (χ4n) is 1.34. The molecule has 0 aliphatic heterocycles. The van der Waals surface area contributed by atoms with Crippen LogP contribution in [0.15, 0.2) is 0 Å². The Morgan fingerprint density at radius 1 is 1.46 bits per heavy atom. The normalized spacial score (nSPS) is 14.5. The molecule has 0 amide bonds. The van der Waals surface area contributed by atoms with Crippen LogP contribution in [0.4, 0.5) is 0 Å². The number of nitrogens with one attached hydrogen (secondary N) is 1. The lowest BCUT2D eigenvalue weighted by Crippen LogP contribution is -2.45. The average Bonchev–Trinajstić information content (AvgIpc) is 1.99. The van der Waals surface area contributed by atoms with Crippen LogP contribution in [0.3, 0.4) is 0 Å². The molecule has 3 heteroatoms. The summed E-state index contributed by atoms with van der Waals surface area (Å²) in [6, 6.07) is 0.484. The highest BCUT2D eigenvalue weighted by atomic mass is 35.5. The first-order chi connectivity index (χ1) is 6.02. The Kier molecular flexibility index (Phi) is 6.74. The highest BCUT2D eigenvalue weighted by Crippen LogP contribution is 2.11. The maximum absolute atomic E-state index is 5.71. The van der Waals surface area contributed by atoms with Gasteiger partial charge in [-0.1, -0.05) is 0 Å². The Morgan fingerprint density at radius 3 is 2.54 bits per heavy atom. The van der Waals surface area contributed by atoms with Crippen LogP contribution >= 0.6 is 11.6 Å². The van der Waals surface area contributed by atoms with Crippen molar-refractivity contribution >= 4 is 11.6 Å². The lowest BCUT2D eigenvalue weighted by molar-refractivity contribution is 0.177. The predicted octanol–water partition coefficient (Wildman–Crippen LogP) is 2.41. The summed E-state index contributed by atoms with van der Waals surface area (Å²) < 4.78 is 5.02. The third-order valence-electron chi connectivity index (χ3n) is 2.11. The SMILES string of the molecule is COCCC(C)NC(C)(C)CCCl. The summed E-state index contributed by atoms with van der Waals surface area (Å²) in [5.74, 6) is 0.705. The van der Waals surface area contributed by atoms with Crippen LogP contribution in [0.5, 0.6) is 0 Å². The van der Waals surface area contributed by atoms with Gasteiger partial charge in [0.05, 0.1) is 0 Å². The molecule has 0 aromatic carbocycles. The molecule has 1 atom stereocenters. The molecule has 0 rings (SSSR count). The molecule has 0 fully saturated rings. The molecule has 0 saturated carbocycles. The smallest absolute Gasteiger partial charge is 0.0476 e. The summed E-state index contributed by atoms with van der Waals surface area (Å²) in [7, 11) is 1.73. The molecule has 0 radical (unpaired) electrons. The second-order valence-electron chi connectivity index (χ2n) is 4.15. The third kappa shape index (κ3) is 7.29. The van der Waals surface area contributed by atoms with Gasteiger partial charge in [-0.2, -0.15) is 0 Å². The zero-order chi connectivity index (χ0) is 10.3. The summed E-state index contributed by atoms with van der Waals surface area (Å²) in [6.07, 6.45) is 2.04. The van der Waals surface area contributed by atoms with Crippen LogP contribution < -0.4 is 5.32 Å². The molecule has 0 saturated heterocycles. The molecule has 80 valence electrons. The molecule has 0 spiro atoms. The van der Waals surface area contributed by atoms with E-state index in [-0.39, 0.29) is 5.54 Å². The van der Waals surface area contributed by atoms with Crippen LogP contribution in [0.2, 0.25) is 0 Å². The number of hydrogen-bond donors (Lipinski definition) is 1. The van der Waals surface area contributed by atoms with Gasteiger partial charge in [-0.05, 0) is 33.6 Å².